The number of rotatable bonds is 4. The molecule has 2 rings (SSSR count). The summed E-state index contributed by atoms with van der Waals surface area (Å²) in [5, 5.41) is 7.73. The molecule has 8 heteroatoms. The van der Waals surface area contributed by atoms with Crippen LogP contribution in [0.4, 0.5) is 0 Å². The van der Waals surface area contributed by atoms with Gasteiger partial charge in [0.1, 0.15) is 5.60 Å². The monoisotopic (exact) mass is 326 g/mol. The molecule has 1 heterocycles. The Morgan fingerprint density at radius 2 is 1.95 bits per heavy atom. The third-order valence-electron chi connectivity index (χ3n) is 3.62. The van der Waals surface area contributed by atoms with Crippen molar-refractivity contribution >= 4 is 21.9 Å². The van der Waals surface area contributed by atoms with Crippen LogP contribution in [0.25, 0.3) is 0 Å². The predicted molar refractivity (Wildman–Crippen MR) is 77.9 cm³/mol. The van der Waals surface area contributed by atoms with Crippen molar-refractivity contribution in [2.45, 2.75) is 37.3 Å². The Morgan fingerprint density at radius 3 is 2.41 bits per heavy atom. The highest BCUT2D eigenvalue weighted by Crippen LogP contribution is 2.32. The van der Waals surface area contributed by atoms with Gasteiger partial charge in [0.25, 0.3) is 0 Å². The zero-order valence-corrected chi connectivity index (χ0v) is 13.1. The minimum atomic E-state index is -3.73. The maximum absolute atomic E-state index is 12.1. The molecule has 1 atom stereocenters. The van der Waals surface area contributed by atoms with Crippen LogP contribution < -0.4 is 10.5 Å². The zero-order chi connectivity index (χ0) is 16.5. The summed E-state index contributed by atoms with van der Waals surface area (Å²) >= 11 is 0. The van der Waals surface area contributed by atoms with E-state index >= 15 is 0 Å². The summed E-state index contributed by atoms with van der Waals surface area (Å²) in [6.07, 6.45) is 0.0587. The number of sulfonamides is 1. The van der Waals surface area contributed by atoms with Gasteiger partial charge in [0.2, 0.25) is 15.9 Å². The number of carbonyl (C=O) groups is 2. The van der Waals surface area contributed by atoms with Crippen molar-refractivity contribution in [3.63, 3.8) is 0 Å². The van der Waals surface area contributed by atoms with E-state index in [9.17, 15) is 18.0 Å². The number of amides is 1. The van der Waals surface area contributed by atoms with E-state index in [1.807, 2.05) is 0 Å². The maximum Gasteiger partial charge on any atom is 0.307 e. The second kappa shape index (κ2) is 5.69. The fourth-order valence-corrected chi connectivity index (χ4v) is 2.85. The first-order valence-electron chi connectivity index (χ1n) is 6.71. The summed E-state index contributed by atoms with van der Waals surface area (Å²) in [4.78, 5) is 23.5. The van der Waals surface area contributed by atoms with Gasteiger partial charge in [-0.3, -0.25) is 9.59 Å². The summed E-state index contributed by atoms with van der Waals surface area (Å²) < 4.78 is 27.4. The molecule has 7 nitrogen and oxygen atoms in total. The summed E-state index contributed by atoms with van der Waals surface area (Å²) in [5.41, 5.74) is -0.0950. The molecule has 0 aliphatic carbocycles. The Bertz CT molecular complexity index is 694. The molecule has 1 fully saturated rings. The summed E-state index contributed by atoms with van der Waals surface area (Å²) in [6.45, 7) is 3.62. The number of carbonyl (C=O) groups excluding carboxylic acids is 2. The van der Waals surface area contributed by atoms with Gasteiger partial charge in [0.15, 0.2) is 0 Å². The Kier molecular flexibility index (Phi) is 4.25. The van der Waals surface area contributed by atoms with Gasteiger partial charge in [-0.05, 0) is 31.5 Å². The van der Waals surface area contributed by atoms with Crippen LogP contribution in [0.1, 0.15) is 25.8 Å². The van der Waals surface area contributed by atoms with Crippen LogP contribution in [0, 0.1) is 5.92 Å². The Labute approximate surface area is 128 Å². The van der Waals surface area contributed by atoms with Gasteiger partial charge in [-0.25, -0.2) is 13.6 Å². The van der Waals surface area contributed by atoms with Crippen molar-refractivity contribution < 1.29 is 22.7 Å². The van der Waals surface area contributed by atoms with E-state index in [1.165, 1.54) is 12.1 Å². The quantitative estimate of drug-likeness (QED) is 0.772. The van der Waals surface area contributed by atoms with Crippen LogP contribution >= 0.6 is 0 Å². The lowest BCUT2D eigenvalue weighted by atomic mass is 9.90. The molecule has 1 saturated heterocycles. The third-order valence-corrected chi connectivity index (χ3v) is 4.55. The molecule has 0 aromatic heterocycles. The first-order valence-corrected chi connectivity index (χ1v) is 8.25. The molecular weight excluding hydrogens is 308 g/mol. The second-order valence-electron chi connectivity index (χ2n) is 5.74. The van der Waals surface area contributed by atoms with E-state index in [-0.39, 0.29) is 29.7 Å². The van der Waals surface area contributed by atoms with Crippen molar-refractivity contribution in [3.8, 4) is 0 Å². The van der Waals surface area contributed by atoms with Gasteiger partial charge in [-0.15, -0.1) is 0 Å². The molecule has 0 spiro atoms. The van der Waals surface area contributed by atoms with E-state index in [4.69, 9.17) is 9.88 Å². The Hall–Kier alpha value is -1.93. The summed E-state index contributed by atoms with van der Waals surface area (Å²) in [7, 11) is -3.73. The van der Waals surface area contributed by atoms with Gasteiger partial charge in [0.05, 0.1) is 17.2 Å². The normalized spacial score (nSPS) is 20.5. The zero-order valence-electron chi connectivity index (χ0n) is 12.3. The van der Waals surface area contributed by atoms with Crippen LogP contribution in [0.15, 0.2) is 29.2 Å². The number of hydrogen-bond donors (Lipinski definition) is 2. The van der Waals surface area contributed by atoms with Crippen molar-refractivity contribution in [3.05, 3.63) is 29.8 Å². The van der Waals surface area contributed by atoms with Crippen molar-refractivity contribution in [1.82, 2.24) is 5.32 Å². The molecule has 1 aromatic carbocycles. The van der Waals surface area contributed by atoms with Crippen LogP contribution in [0.5, 0.6) is 0 Å². The molecule has 0 bridgehead atoms. The first-order chi connectivity index (χ1) is 10.1. The first kappa shape index (κ1) is 16.4. The van der Waals surface area contributed by atoms with Crippen LogP contribution in [-0.4, -0.2) is 25.9 Å². The Balaban J connectivity index is 1.98. The molecule has 1 aliphatic rings. The molecule has 1 aromatic rings. The average molecular weight is 326 g/mol. The highest BCUT2D eigenvalue weighted by molar-refractivity contribution is 7.89. The smallest absolute Gasteiger partial charge is 0.307 e. The molecule has 0 unspecified atom stereocenters. The molecule has 0 saturated carbocycles. The number of primary sulfonamides is 1. The molecular formula is C14H18N2O5S. The lowest BCUT2D eigenvalue weighted by molar-refractivity contribution is -0.147. The number of esters is 1. The SMILES string of the molecule is CC1(C)OC(=O)C[C@H]1C(=O)NCc1ccc(S(N)(=O)=O)cc1. The van der Waals surface area contributed by atoms with Gasteiger partial charge >= 0.3 is 5.97 Å². The predicted octanol–water partition coefficient (Wildman–Crippen LogP) is 0.292. The number of benzene rings is 1. The van der Waals surface area contributed by atoms with E-state index in [2.05, 4.69) is 5.32 Å². The number of ether oxygens (including phenoxy) is 1. The van der Waals surface area contributed by atoms with Crippen molar-refractivity contribution in [1.29, 1.82) is 0 Å². The molecule has 120 valence electrons. The van der Waals surface area contributed by atoms with Gasteiger partial charge in [-0.2, -0.15) is 0 Å². The summed E-state index contributed by atoms with van der Waals surface area (Å²) in [5.74, 6) is -1.20. The van der Waals surface area contributed by atoms with Crippen LogP contribution in [0.2, 0.25) is 0 Å². The summed E-state index contributed by atoms with van der Waals surface area (Å²) in [6, 6.07) is 5.90. The average Bonchev–Trinajstić information content (AvgIpc) is 2.68. The van der Waals surface area contributed by atoms with Gasteiger partial charge in [-0.1, -0.05) is 12.1 Å². The lowest BCUT2D eigenvalue weighted by Crippen LogP contribution is -2.40. The van der Waals surface area contributed by atoms with E-state index in [0.29, 0.717) is 0 Å². The number of hydrogen-bond acceptors (Lipinski definition) is 5. The molecule has 1 amide bonds. The molecule has 22 heavy (non-hydrogen) atoms. The maximum atomic E-state index is 12.1. The highest BCUT2D eigenvalue weighted by Gasteiger charge is 2.45. The molecule has 3 N–H and O–H groups in total. The van der Waals surface area contributed by atoms with Crippen molar-refractivity contribution in [2.75, 3.05) is 0 Å². The van der Waals surface area contributed by atoms with E-state index < -0.39 is 21.5 Å². The van der Waals surface area contributed by atoms with Crippen molar-refractivity contribution in [2.24, 2.45) is 11.1 Å². The minimum Gasteiger partial charge on any atom is -0.459 e. The Morgan fingerprint density at radius 1 is 1.36 bits per heavy atom. The second-order valence-corrected chi connectivity index (χ2v) is 7.30. The molecule has 1 aliphatic heterocycles. The van der Waals surface area contributed by atoms with Crippen LogP contribution in [0.3, 0.4) is 0 Å². The number of cyclic esters (lactones) is 1. The van der Waals surface area contributed by atoms with Gasteiger partial charge in [0, 0.05) is 6.54 Å². The highest BCUT2D eigenvalue weighted by atomic mass is 32.2. The molecule has 0 radical (unpaired) electrons. The third kappa shape index (κ3) is 3.63. The standard InChI is InChI=1S/C14H18N2O5S/c1-14(2)11(7-12(17)21-14)13(18)16-8-9-3-5-10(6-4-9)22(15,19)20/h3-6,11H,7-8H2,1-2H3,(H,16,18)(H2,15,19,20)/t11-/m0/s1. The largest absolute Gasteiger partial charge is 0.459 e. The van der Waals surface area contributed by atoms with Crippen LogP contribution in [-0.2, 0) is 30.9 Å². The van der Waals surface area contributed by atoms with Gasteiger partial charge < -0.3 is 10.1 Å². The topological polar surface area (TPSA) is 116 Å². The lowest BCUT2D eigenvalue weighted by Gasteiger charge is -2.23. The minimum absolute atomic E-state index is 0.0125. The number of nitrogens with one attached hydrogen (secondary N) is 1. The van der Waals surface area contributed by atoms with E-state index in [0.717, 1.165) is 5.56 Å². The number of nitrogens with two attached hydrogens (primary N) is 1. The fourth-order valence-electron chi connectivity index (χ4n) is 2.34. The fraction of sp³-hybridized carbons (Fsp3) is 0.429. The van der Waals surface area contributed by atoms with E-state index in [1.54, 1.807) is 26.0 Å².